The second-order valence-corrected chi connectivity index (χ2v) is 5.90. The molecule has 0 saturated carbocycles. The molecule has 1 N–H and O–H groups in total. The summed E-state index contributed by atoms with van der Waals surface area (Å²) in [5.74, 6) is -0.315. The molecule has 0 saturated heterocycles. The quantitative estimate of drug-likeness (QED) is 0.814. The highest BCUT2D eigenvalue weighted by Crippen LogP contribution is 2.16. The van der Waals surface area contributed by atoms with Crippen LogP contribution in [0.3, 0.4) is 0 Å². The third-order valence-corrected chi connectivity index (χ3v) is 3.70. The van der Waals surface area contributed by atoms with Crippen LogP contribution in [0.5, 0.6) is 0 Å². The number of benzene rings is 2. The number of esters is 1. The maximum atomic E-state index is 11.4. The monoisotopic (exact) mass is 324 g/mol. The van der Waals surface area contributed by atoms with Gasteiger partial charge in [-0.05, 0) is 48.9 Å². The molecule has 0 heterocycles. The van der Waals surface area contributed by atoms with Crippen molar-refractivity contribution in [1.29, 1.82) is 0 Å². The summed E-state index contributed by atoms with van der Waals surface area (Å²) in [6.07, 6.45) is 2.10. The fraction of sp³-hybridized carbons (Fsp3) is 0.250. The number of ether oxygens (including phenoxy) is 1. The number of anilines is 2. The minimum absolute atomic E-state index is 0.315. The molecule has 0 unspecified atom stereocenters. The number of nitrogens with one attached hydrogen (secondary N) is 1. The second kappa shape index (κ2) is 8.20. The smallest absolute Gasteiger partial charge is 0.337 e. The summed E-state index contributed by atoms with van der Waals surface area (Å²) in [6, 6.07) is 15.7. The first-order valence-electron chi connectivity index (χ1n) is 7.86. The van der Waals surface area contributed by atoms with Gasteiger partial charge in [0.1, 0.15) is 0 Å². The third kappa shape index (κ3) is 4.88. The van der Waals surface area contributed by atoms with Crippen LogP contribution in [0.15, 0.2) is 54.1 Å². The molecule has 0 fully saturated rings. The van der Waals surface area contributed by atoms with Gasteiger partial charge in [0.25, 0.3) is 0 Å². The summed E-state index contributed by atoms with van der Waals surface area (Å²) in [5.41, 5.74) is 5.10. The molecular formula is C20H24N2O2. The van der Waals surface area contributed by atoms with Gasteiger partial charge in [-0.3, -0.25) is 0 Å². The fourth-order valence-corrected chi connectivity index (χ4v) is 2.29. The number of hydrogen-bond donors (Lipinski definition) is 1. The van der Waals surface area contributed by atoms with Crippen LogP contribution in [0.25, 0.3) is 6.08 Å². The van der Waals surface area contributed by atoms with Crippen molar-refractivity contribution in [3.8, 4) is 0 Å². The van der Waals surface area contributed by atoms with Gasteiger partial charge in [0, 0.05) is 32.0 Å². The van der Waals surface area contributed by atoms with E-state index in [1.54, 1.807) is 12.1 Å². The summed E-state index contributed by atoms with van der Waals surface area (Å²) < 4.78 is 4.70. The van der Waals surface area contributed by atoms with Crippen molar-refractivity contribution < 1.29 is 9.53 Å². The first kappa shape index (κ1) is 17.6. The predicted molar refractivity (Wildman–Crippen MR) is 101 cm³/mol. The highest BCUT2D eigenvalue weighted by atomic mass is 16.5. The van der Waals surface area contributed by atoms with Gasteiger partial charge in [-0.25, -0.2) is 4.79 Å². The van der Waals surface area contributed by atoms with Crippen LogP contribution in [0.4, 0.5) is 11.4 Å². The van der Waals surface area contributed by atoms with Crippen molar-refractivity contribution in [2.75, 3.05) is 38.0 Å². The lowest BCUT2D eigenvalue weighted by Crippen LogP contribution is -2.08. The van der Waals surface area contributed by atoms with Crippen LogP contribution in [-0.2, 0) is 4.74 Å². The molecule has 0 atom stereocenters. The van der Waals surface area contributed by atoms with Crippen molar-refractivity contribution in [1.82, 2.24) is 0 Å². The molecule has 2 aromatic carbocycles. The molecule has 0 spiro atoms. The molecule has 0 aliphatic rings. The number of nitrogens with zero attached hydrogens (tertiary/aromatic N) is 1. The van der Waals surface area contributed by atoms with Crippen molar-refractivity contribution in [2.45, 2.75) is 6.92 Å². The zero-order valence-electron chi connectivity index (χ0n) is 14.7. The lowest BCUT2D eigenvalue weighted by Gasteiger charge is -2.13. The van der Waals surface area contributed by atoms with E-state index in [2.05, 4.69) is 47.5 Å². The summed E-state index contributed by atoms with van der Waals surface area (Å²) in [5, 5.41) is 3.41. The van der Waals surface area contributed by atoms with Crippen LogP contribution >= 0.6 is 0 Å². The van der Waals surface area contributed by atoms with Gasteiger partial charge in [-0.15, -0.1) is 0 Å². The van der Waals surface area contributed by atoms with Crippen molar-refractivity contribution in [3.05, 3.63) is 65.2 Å². The van der Waals surface area contributed by atoms with Crippen molar-refractivity contribution >= 4 is 23.4 Å². The fourth-order valence-electron chi connectivity index (χ4n) is 2.29. The molecule has 2 aromatic rings. The van der Waals surface area contributed by atoms with Crippen LogP contribution in [0.2, 0.25) is 0 Å². The second-order valence-electron chi connectivity index (χ2n) is 5.90. The summed E-state index contributed by atoms with van der Waals surface area (Å²) in [4.78, 5) is 13.5. The normalized spacial score (nSPS) is 11.1. The van der Waals surface area contributed by atoms with E-state index in [0.717, 1.165) is 17.8 Å². The Labute approximate surface area is 143 Å². The minimum atomic E-state index is -0.315. The van der Waals surface area contributed by atoms with Gasteiger partial charge in [0.15, 0.2) is 0 Å². The first-order valence-corrected chi connectivity index (χ1v) is 7.86. The molecule has 24 heavy (non-hydrogen) atoms. The van der Waals surface area contributed by atoms with E-state index in [1.165, 1.54) is 18.4 Å². The minimum Gasteiger partial charge on any atom is -0.465 e. The van der Waals surface area contributed by atoms with E-state index < -0.39 is 0 Å². The van der Waals surface area contributed by atoms with Crippen LogP contribution < -0.4 is 10.2 Å². The first-order chi connectivity index (χ1) is 11.5. The average Bonchev–Trinajstić information content (AvgIpc) is 2.60. The maximum Gasteiger partial charge on any atom is 0.337 e. The standard InChI is InChI=1S/C20H24N2O2/c1-15(13-16-5-7-17(8-6-16)20(23)24-4)14-21-18-9-11-19(12-10-18)22(2)3/h5-13,21H,14H2,1-4H3. The lowest BCUT2D eigenvalue weighted by molar-refractivity contribution is 0.0600. The Hall–Kier alpha value is -2.75. The van der Waals surface area contributed by atoms with Crippen LogP contribution in [-0.4, -0.2) is 33.7 Å². The number of hydrogen-bond acceptors (Lipinski definition) is 4. The van der Waals surface area contributed by atoms with E-state index in [9.17, 15) is 4.79 Å². The Morgan fingerprint density at radius 1 is 1.08 bits per heavy atom. The van der Waals surface area contributed by atoms with E-state index in [0.29, 0.717) is 5.56 Å². The Balaban J connectivity index is 1.95. The van der Waals surface area contributed by atoms with E-state index in [1.807, 2.05) is 26.2 Å². The molecule has 2 rings (SSSR count). The molecule has 4 nitrogen and oxygen atoms in total. The highest BCUT2D eigenvalue weighted by molar-refractivity contribution is 5.89. The van der Waals surface area contributed by atoms with Crippen LogP contribution in [0, 0.1) is 0 Å². The van der Waals surface area contributed by atoms with Gasteiger partial charge >= 0.3 is 5.97 Å². The van der Waals surface area contributed by atoms with Gasteiger partial charge in [-0.1, -0.05) is 23.8 Å². The molecule has 0 aliphatic heterocycles. The Morgan fingerprint density at radius 3 is 2.25 bits per heavy atom. The molecule has 126 valence electrons. The molecule has 0 aliphatic carbocycles. The highest BCUT2D eigenvalue weighted by Gasteiger charge is 2.03. The summed E-state index contributed by atoms with van der Waals surface area (Å²) in [7, 11) is 5.44. The van der Waals surface area contributed by atoms with E-state index in [4.69, 9.17) is 4.74 Å². The molecule has 4 heteroatoms. The number of carbonyl (C=O) groups excluding carboxylic acids is 1. The zero-order chi connectivity index (χ0) is 17.5. The van der Waals surface area contributed by atoms with Gasteiger partial charge in [0.2, 0.25) is 0 Å². The predicted octanol–water partition coefficient (Wildman–Crippen LogP) is 4.05. The summed E-state index contributed by atoms with van der Waals surface area (Å²) >= 11 is 0. The van der Waals surface area contributed by atoms with E-state index >= 15 is 0 Å². The molecular weight excluding hydrogens is 300 g/mol. The molecule has 0 amide bonds. The third-order valence-electron chi connectivity index (χ3n) is 3.70. The topological polar surface area (TPSA) is 41.6 Å². The zero-order valence-corrected chi connectivity index (χ0v) is 14.7. The SMILES string of the molecule is COC(=O)c1ccc(C=C(C)CNc2ccc(N(C)C)cc2)cc1. The largest absolute Gasteiger partial charge is 0.465 e. The Morgan fingerprint density at radius 2 is 1.71 bits per heavy atom. The number of methoxy groups -OCH3 is 1. The molecule has 0 bridgehead atoms. The average molecular weight is 324 g/mol. The number of carbonyl (C=O) groups is 1. The lowest BCUT2D eigenvalue weighted by atomic mass is 10.1. The maximum absolute atomic E-state index is 11.4. The summed E-state index contributed by atoms with van der Waals surface area (Å²) in [6.45, 7) is 2.84. The Bertz CT molecular complexity index is 701. The van der Waals surface area contributed by atoms with Crippen LogP contribution in [0.1, 0.15) is 22.8 Å². The molecule has 0 radical (unpaired) electrons. The van der Waals surface area contributed by atoms with Gasteiger partial charge in [-0.2, -0.15) is 0 Å². The van der Waals surface area contributed by atoms with Crippen molar-refractivity contribution in [3.63, 3.8) is 0 Å². The van der Waals surface area contributed by atoms with Gasteiger partial charge in [0.05, 0.1) is 12.7 Å². The van der Waals surface area contributed by atoms with Gasteiger partial charge < -0.3 is 15.0 Å². The number of rotatable bonds is 6. The molecule has 0 aromatic heterocycles. The van der Waals surface area contributed by atoms with Crippen molar-refractivity contribution in [2.24, 2.45) is 0 Å². The van der Waals surface area contributed by atoms with E-state index in [-0.39, 0.29) is 5.97 Å². The Kier molecular flexibility index (Phi) is 6.01.